The monoisotopic (exact) mass is 256 g/mol. The molecule has 1 rings (SSSR count). The lowest BCUT2D eigenvalue weighted by molar-refractivity contribution is -0.136. The first-order chi connectivity index (χ1) is 8.08. The molecule has 6 heteroatoms. The van der Waals surface area contributed by atoms with Gasteiger partial charge in [0.05, 0.1) is 12.8 Å². The lowest BCUT2D eigenvalue weighted by atomic mass is 10.3. The van der Waals surface area contributed by atoms with Crippen molar-refractivity contribution in [3.8, 4) is 5.75 Å². The van der Waals surface area contributed by atoms with Crippen molar-refractivity contribution in [2.75, 3.05) is 19.0 Å². The minimum Gasteiger partial charge on any atom is -0.495 e. The van der Waals surface area contributed by atoms with Crippen LogP contribution in [0.3, 0.4) is 0 Å². The van der Waals surface area contributed by atoms with Gasteiger partial charge in [-0.3, -0.25) is 9.59 Å². The first kappa shape index (κ1) is 13.3. The Morgan fingerprint density at radius 1 is 1.35 bits per heavy atom. The summed E-state index contributed by atoms with van der Waals surface area (Å²) in [6.45, 7) is 2.12. The molecule has 5 nitrogen and oxygen atoms in total. The standard InChI is InChI=1S/C11H13ClN2O3/c1-3-13-10(15)11(16)14-8-6-7(12)4-5-9(8)17-2/h4-6H,3H2,1-2H3,(H,13,15)(H,14,16). The summed E-state index contributed by atoms with van der Waals surface area (Å²) in [5.74, 6) is -1.02. The molecule has 0 saturated heterocycles. The number of halogens is 1. The van der Waals surface area contributed by atoms with Crippen molar-refractivity contribution in [3.05, 3.63) is 23.2 Å². The van der Waals surface area contributed by atoms with Crippen LogP contribution in [0.4, 0.5) is 5.69 Å². The van der Waals surface area contributed by atoms with Gasteiger partial charge in [-0.25, -0.2) is 0 Å². The van der Waals surface area contributed by atoms with Gasteiger partial charge in [0.15, 0.2) is 0 Å². The van der Waals surface area contributed by atoms with Crippen molar-refractivity contribution in [1.82, 2.24) is 5.32 Å². The Balaban J connectivity index is 2.83. The molecule has 2 amide bonds. The number of carbonyl (C=O) groups excluding carboxylic acids is 2. The maximum Gasteiger partial charge on any atom is 0.313 e. The molecule has 0 unspecified atom stereocenters. The van der Waals surface area contributed by atoms with E-state index in [0.717, 1.165) is 0 Å². The molecule has 0 radical (unpaired) electrons. The highest BCUT2D eigenvalue weighted by molar-refractivity contribution is 6.40. The van der Waals surface area contributed by atoms with Gasteiger partial charge in [0.2, 0.25) is 0 Å². The van der Waals surface area contributed by atoms with Crippen LogP contribution in [-0.2, 0) is 9.59 Å². The van der Waals surface area contributed by atoms with Gasteiger partial charge in [0.1, 0.15) is 5.75 Å². The van der Waals surface area contributed by atoms with Crippen molar-refractivity contribution in [1.29, 1.82) is 0 Å². The van der Waals surface area contributed by atoms with E-state index in [1.54, 1.807) is 19.1 Å². The number of methoxy groups -OCH3 is 1. The van der Waals surface area contributed by atoms with E-state index in [9.17, 15) is 9.59 Å². The zero-order chi connectivity index (χ0) is 12.8. The van der Waals surface area contributed by atoms with Crippen LogP contribution < -0.4 is 15.4 Å². The zero-order valence-electron chi connectivity index (χ0n) is 9.54. The lowest BCUT2D eigenvalue weighted by Crippen LogP contribution is -2.35. The smallest absolute Gasteiger partial charge is 0.313 e. The van der Waals surface area contributed by atoms with E-state index in [4.69, 9.17) is 16.3 Å². The number of likely N-dealkylation sites (N-methyl/N-ethyl adjacent to an activating group) is 1. The molecule has 0 fully saturated rings. The molecular formula is C11H13ClN2O3. The van der Waals surface area contributed by atoms with Gasteiger partial charge < -0.3 is 15.4 Å². The molecule has 1 aromatic rings. The molecule has 0 aliphatic rings. The van der Waals surface area contributed by atoms with Crippen LogP contribution in [0.1, 0.15) is 6.92 Å². The molecule has 0 saturated carbocycles. The number of amides is 2. The van der Waals surface area contributed by atoms with E-state index >= 15 is 0 Å². The molecule has 1 aromatic carbocycles. The van der Waals surface area contributed by atoms with E-state index in [-0.39, 0.29) is 0 Å². The molecule has 0 aliphatic heterocycles. The third kappa shape index (κ3) is 3.64. The van der Waals surface area contributed by atoms with Gasteiger partial charge in [-0.05, 0) is 25.1 Å². The number of hydrogen-bond donors (Lipinski definition) is 2. The minimum atomic E-state index is -0.757. The fraction of sp³-hybridized carbons (Fsp3) is 0.273. The number of ether oxygens (including phenoxy) is 1. The minimum absolute atomic E-state index is 0.358. The zero-order valence-corrected chi connectivity index (χ0v) is 10.3. The van der Waals surface area contributed by atoms with Gasteiger partial charge >= 0.3 is 11.8 Å². The van der Waals surface area contributed by atoms with Gasteiger partial charge in [0, 0.05) is 11.6 Å². The third-order valence-corrected chi connectivity index (χ3v) is 2.19. The largest absolute Gasteiger partial charge is 0.495 e. The van der Waals surface area contributed by atoms with Gasteiger partial charge in [-0.2, -0.15) is 0 Å². The van der Waals surface area contributed by atoms with Crippen molar-refractivity contribution in [3.63, 3.8) is 0 Å². The lowest BCUT2D eigenvalue weighted by Gasteiger charge is -2.10. The van der Waals surface area contributed by atoms with E-state index < -0.39 is 11.8 Å². The summed E-state index contributed by atoms with van der Waals surface area (Å²) in [5.41, 5.74) is 0.358. The first-order valence-corrected chi connectivity index (χ1v) is 5.39. The van der Waals surface area contributed by atoms with Gasteiger partial charge in [-0.15, -0.1) is 0 Å². The van der Waals surface area contributed by atoms with Gasteiger partial charge in [-0.1, -0.05) is 11.6 Å². The van der Waals surface area contributed by atoms with Gasteiger partial charge in [0.25, 0.3) is 0 Å². The second-order valence-corrected chi connectivity index (χ2v) is 3.59. The molecule has 0 spiro atoms. The number of benzene rings is 1. The summed E-state index contributed by atoms with van der Waals surface area (Å²) >= 11 is 5.79. The molecule has 17 heavy (non-hydrogen) atoms. The SMILES string of the molecule is CCNC(=O)C(=O)Nc1cc(Cl)ccc1OC. The molecule has 0 heterocycles. The Morgan fingerprint density at radius 3 is 2.65 bits per heavy atom. The molecule has 0 bridgehead atoms. The summed E-state index contributed by atoms with van der Waals surface area (Å²) < 4.78 is 5.04. The highest BCUT2D eigenvalue weighted by Gasteiger charge is 2.14. The Kier molecular flexibility index (Phi) is 4.78. The Hall–Kier alpha value is -1.75. The number of nitrogens with one attached hydrogen (secondary N) is 2. The van der Waals surface area contributed by atoms with Crippen LogP contribution in [0, 0.1) is 0 Å². The Morgan fingerprint density at radius 2 is 2.06 bits per heavy atom. The van der Waals surface area contributed by atoms with Crippen molar-refractivity contribution in [2.24, 2.45) is 0 Å². The van der Waals surface area contributed by atoms with Crippen molar-refractivity contribution >= 4 is 29.1 Å². The summed E-state index contributed by atoms with van der Waals surface area (Å²) in [6.07, 6.45) is 0. The fourth-order valence-electron chi connectivity index (χ4n) is 1.20. The Labute approximate surface area is 104 Å². The third-order valence-electron chi connectivity index (χ3n) is 1.95. The Bertz CT molecular complexity index is 435. The van der Waals surface area contributed by atoms with Crippen LogP contribution in [0.15, 0.2) is 18.2 Å². The van der Waals surface area contributed by atoms with E-state index in [0.29, 0.717) is 23.0 Å². The fourth-order valence-corrected chi connectivity index (χ4v) is 1.37. The quantitative estimate of drug-likeness (QED) is 0.804. The van der Waals surface area contributed by atoms with Crippen LogP contribution >= 0.6 is 11.6 Å². The molecule has 0 aromatic heterocycles. The number of hydrogen-bond acceptors (Lipinski definition) is 3. The van der Waals surface area contributed by atoms with E-state index in [1.807, 2.05) is 0 Å². The number of carbonyl (C=O) groups is 2. The summed E-state index contributed by atoms with van der Waals surface area (Å²) in [6, 6.07) is 4.75. The normalized spacial score (nSPS) is 9.59. The second kappa shape index (κ2) is 6.10. The molecule has 2 N–H and O–H groups in total. The summed E-state index contributed by atoms with van der Waals surface area (Å²) in [4.78, 5) is 22.7. The molecule has 0 aliphatic carbocycles. The molecule has 0 atom stereocenters. The number of rotatable bonds is 3. The maximum absolute atomic E-state index is 11.5. The summed E-state index contributed by atoms with van der Waals surface area (Å²) in [7, 11) is 1.46. The average molecular weight is 257 g/mol. The molecule has 92 valence electrons. The molecular weight excluding hydrogens is 244 g/mol. The highest BCUT2D eigenvalue weighted by Crippen LogP contribution is 2.27. The van der Waals surface area contributed by atoms with Crippen LogP contribution in [0.5, 0.6) is 5.75 Å². The predicted octanol–water partition coefficient (Wildman–Crippen LogP) is 1.42. The highest BCUT2D eigenvalue weighted by atomic mass is 35.5. The predicted molar refractivity (Wildman–Crippen MR) is 65.3 cm³/mol. The average Bonchev–Trinajstić information content (AvgIpc) is 2.29. The van der Waals surface area contributed by atoms with E-state index in [1.165, 1.54) is 13.2 Å². The maximum atomic E-state index is 11.5. The van der Waals surface area contributed by atoms with Crippen LogP contribution in [-0.4, -0.2) is 25.5 Å². The van der Waals surface area contributed by atoms with Crippen molar-refractivity contribution < 1.29 is 14.3 Å². The first-order valence-electron chi connectivity index (χ1n) is 5.01. The summed E-state index contributed by atoms with van der Waals surface area (Å²) in [5, 5.41) is 5.26. The van der Waals surface area contributed by atoms with Crippen LogP contribution in [0.25, 0.3) is 0 Å². The van der Waals surface area contributed by atoms with E-state index in [2.05, 4.69) is 10.6 Å². The number of anilines is 1. The topological polar surface area (TPSA) is 67.4 Å². The second-order valence-electron chi connectivity index (χ2n) is 3.16. The van der Waals surface area contributed by atoms with Crippen LogP contribution in [0.2, 0.25) is 5.02 Å². The van der Waals surface area contributed by atoms with Crippen molar-refractivity contribution in [2.45, 2.75) is 6.92 Å².